The number of benzene rings is 1. The topological polar surface area (TPSA) is 78.4 Å². The van der Waals surface area contributed by atoms with Gasteiger partial charge in [-0.25, -0.2) is 9.78 Å². The third-order valence-electron chi connectivity index (χ3n) is 4.07. The Morgan fingerprint density at radius 1 is 1.00 bits per heavy atom. The van der Waals surface area contributed by atoms with Crippen molar-refractivity contribution in [1.29, 1.82) is 0 Å². The first kappa shape index (κ1) is 19.2. The van der Waals surface area contributed by atoms with Crippen LogP contribution < -0.4 is 4.74 Å². The second-order valence-electron chi connectivity index (χ2n) is 6.42. The highest BCUT2D eigenvalue weighted by atomic mass is 16.5. The predicted molar refractivity (Wildman–Crippen MR) is 104 cm³/mol. The van der Waals surface area contributed by atoms with Crippen molar-refractivity contribution in [3.05, 3.63) is 83.8 Å². The number of aromatic nitrogens is 2. The second-order valence-corrected chi connectivity index (χ2v) is 6.42. The molecule has 0 aliphatic carbocycles. The van der Waals surface area contributed by atoms with E-state index >= 15 is 0 Å². The third kappa shape index (κ3) is 4.79. The molecule has 0 amide bonds. The van der Waals surface area contributed by atoms with Gasteiger partial charge in [0.25, 0.3) is 0 Å². The number of hydrogen-bond acceptors (Lipinski definition) is 6. The van der Waals surface area contributed by atoms with Gasteiger partial charge in [0.2, 0.25) is 5.88 Å². The molecule has 0 atom stereocenters. The average molecular weight is 376 g/mol. The zero-order valence-electron chi connectivity index (χ0n) is 15.7. The molecule has 6 nitrogen and oxygen atoms in total. The lowest BCUT2D eigenvalue weighted by Crippen LogP contribution is -2.15. The Bertz CT molecular complexity index is 954. The van der Waals surface area contributed by atoms with E-state index in [0.29, 0.717) is 17.2 Å². The van der Waals surface area contributed by atoms with E-state index in [-0.39, 0.29) is 23.8 Å². The van der Waals surface area contributed by atoms with E-state index < -0.39 is 5.97 Å². The van der Waals surface area contributed by atoms with Gasteiger partial charge in [0.15, 0.2) is 12.4 Å². The van der Waals surface area contributed by atoms with Crippen LogP contribution in [0.5, 0.6) is 11.6 Å². The number of ketones is 1. The average Bonchev–Trinajstić information content (AvgIpc) is 2.73. The van der Waals surface area contributed by atoms with Crippen molar-refractivity contribution in [3.8, 4) is 11.6 Å². The molecule has 0 spiro atoms. The molecule has 0 aliphatic heterocycles. The van der Waals surface area contributed by atoms with E-state index in [0.717, 1.165) is 5.56 Å². The molecule has 3 rings (SSSR count). The van der Waals surface area contributed by atoms with Crippen LogP contribution in [0.4, 0.5) is 0 Å². The number of Topliss-reactive ketones (excluding diaryl/α,β-unsaturated/α-hetero) is 1. The SMILES string of the molecule is CC(C)c1ccc(C(=O)COC(=O)c2cccnc2Oc2cccnc2)cc1. The number of esters is 1. The van der Waals surface area contributed by atoms with Crippen LogP contribution in [0, 0.1) is 0 Å². The normalized spacial score (nSPS) is 10.5. The van der Waals surface area contributed by atoms with Crippen molar-refractivity contribution in [3.63, 3.8) is 0 Å². The zero-order chi connectivity index (χ0) is 19.9. The summed E-state index contributed by atoms with van der Waals surface area (Å²) in [5.41, 5.74) is 1.77. The van der Waals surface area contributed by atoms with E-state index in [1.54, 1.807) is 36.5 Å². The van der Waals surface area contributed by atoms with Crippen molar-refractivity contribution in [2.75, 3.05) is 6.61 Å². The van der Waals surface area contributed by atoms with Gasteiger partial charge in [0, 0.05) is 18.0 Å². The zero-order valence-corrected chi connectivity index (χ0v) is 15.7. The van der Waals surface area contributed by atoms with Gasteiger partial charge in [-0.05, 0) is 35.7 Å². The maximum absolute atomic E-state index is 12.4. The number of pyridine rings is 2. The largest absolute Gasteiger partial charge is 0.454 e. The van der Waals surface area contributed by atoms with Crippen LogP contribution in [0.1, 0.15) is 46.0 Å². The molecule has 0 N–H and O–H groups in total. The number of hydrogen-bond donors (Lipinski definition) is 0. The summed E-state index contributed by atoms with van der Waals surface area (Å²) in [5, 5.41) is 0. The van der Waals surface area contributed by atoms with Crippen LogP contribution in [0.25, 0.3) is 0 Å². The smallest absolute Gasteiger partial charge is 0.344 e. The minimum atomic E-state index is -0.681. The molecule has 1 aromatic carbocycles. The van der Waals surface area contributed by atoms with Crippen molar-refractivity contribution < 1.29 is 19.1 Å². The van der Waals surface area contributed by atoms with E-state index in [2.05, 4.69) is 23.8 Å². The summed E-state index contributed by atoms with van der Waals surface area (Å²) in [6, 6.07) is 13.8. The Labute approximate surface area is 163 Å². The Kier molecular flexibility index (Phi) is 6.11. The quantitative estimate of drug-likeness (QED) is 0.448. The number of carbonyl (C=O) groups excluding carboxylic acids is 2. The fraction of sp³-hybridized carbons (Fsp3) is 0.182. The van der Waals surface area contributed by atoms with Crippen LogP contribution in [0.2, 0.25) is 0 Å². The minimum absolute atomic E-state index is 0.0919. The maximum atomic E-state index is 12.4. The first-order valence-corrected chi connectivity index (χ1v) is 8.88. The summed E-state index contributed by atoms with van der Waals surface area (Å²) < 4.78 is 10.8. The van der Waals surface area contributed by atoms with E-state index in [1.165, 1.54) is 18.5 Å². The molecule has 0 unspecified atom stereocenters. The van der Waals surface area contributed by atoms with Gasteiger partial charge >= 0.3 is 5.97 Å². The second kappa shape index (κ2) is 8.90. The standard InChI is InChI=1S/C22H20N2O4/c1-15(2)16-7-9-17(10-8-16)20(25)14-27-22(26)19-6-4-12-24-21(19)28-18-5-3-11-23-13-18/h3-13,15H,14H2,1-2H3. The van der Waals surface area contributed by atoms with Crippen molar-refractivity contribution in [2.45, 2.75) is 19.8 Å². The van der Waals surface area contributed by atoms with Gasteiger partial charge in [0.05, 0.1) is 6.20 Å². The van der Waals surface area contributed by atoms with E-state index in [4.69, 9.17) is 9.47 Å². The molecule has 0 saturated heterocycles. The Hall–Kier alpha value is -3.54. The van der Waals surface area contributed by atoms with Crippen molar-refractivity contribution in [1.82, 2.24) is 9.97 Å². The van der Waals surface area contributed by atoms with Gasteiger partial charge in [-0.2, -0.15) is 0 Å². The molecule has 0 bridgehead atoms. The van der Waals surface area contributed by atoms with Crippen LogP contribution in [-0.2, 0) is 4.74 Å². The fourth-order valence-electron chi connectivity index (χ4n) is 2.49. The molecular weight excluding hydrogens is 356 g/mol. The third-order valence-corrected chi connectivity index (χ3v) is 4.07. The summed E-state index contributed by atoms with van der Waals surface area (Å²) in [5.74, 6) is -0.0435. The number of nitrogens with zero attached hydrogens (tertiary/aromatic N) is 2. The summed E-state index contributed by atoms with van der Waals surface area (Å²) in [4.78, 5) is 32.8. The lowest BCUT2D eigenvalue weighted by Gasteiger charge is -2.10. The van der Waals surface area contributed by atoms with E-state index in [1.807, 2.05) is 12.1 Å². The fourth-order valence-corrected chi connectivity index (χ4v) is 2.49. The van der Waals surface area contributed by atoms with Crippen molar-refractivity contribution >= 4 is 11.8 Å². The molecule has 2 aromatic heterocycles. The molecule has 2 heterocycles. The number of carbonyl (C=O) groups is 2. The minimum Gasteiger partial charge on any atom is -0.454 e. The lowest BCUT2D eigenvalue weighted by atomic mass is 10.0. The molecule has 0 saturated carbocycles. The molecule has 142 valence electrons. The first-order valence-electron chi connectivity index (χ1n) is 8.88. The number of ether oxygens (including phenoxy) is 2. The summed E-state index contributed by atoms with van der Waals surface area (Å²) >= 11 is 0. The lowest BCUT2D eigenvalue weighted by molar-refractivity contribution is 0.0471. The van der Waals surface area contributed by atoms with Crippen LogP contribution in [-0.4, -0.2) is 28.3 Å². The van der Waals surface area contributed by atoms with Gasteiger partial charge < -0.3 is 9.47 Å². The van der Waals surface area contributed by atoms with Crippen molar-refractivity contribution in [2.24, 2.45) is 0 Å². The summed E-state index contributed by atoms with van der Waals surface area (Å²) in [6.45, 7) is 3.80. The van der Waals surface area contributed by atoms with E-state index in [9.17, 15) is 9.59 Å². The Morgan fingerprint density at radius 2 is 1.75 bits per heavy atom. The highest BCUT2D eigenvalue weighted by molar-refractivity contribution is 5.99. The van der Waals surface area contributed by atoms with Crippen LogP contribution in [0.15, 0.2) is 67.1 Å². The maximum Gasteiger partial charge on any atom is 0.344 e. The van der Waals surface area contributed by atoms with Crippen LogP contribution in [0.3, 0.4) is 0 Å². The predicted octanol–water partition coefficient (Wildman–Crippen LogP) is 4.43. The summed E-state index contributed by atoms with van der Waals surface area (Å²) in [7, 11) is 0. The van der Waals surface area contributed by atoms with Crippen LogP contribution >= 0.6 is 0 Å². The summed E-state index contributed by atoms with van der Waals surface area (Å²) in [6.07, 6.45) is 4.62. The molecule has 0 fully saturated rings. The monoisotopic (exact) mass is 376 g/mol. The molecule has 0 aliphatic rings. The first-order chi connectivity index (χ1) is 13.5. The van der Waals surface area contributed by atoms with Gasteiger partial charge in [-0.1, -0.05) is 38.1 Å². The molecule has 28 heavy (non-hydrogen) atoms. The number of rotatable bonds is 7. The highest BCUT2D eigenvalue weighted by Gasteiger charge is 2.18. The van der Waals surface area contributed by atoms with Gasteiger partial charge in [0.1, 0.15) is 11.3 Å². The van der Waals surface area contributed by atoms with Gasteiger partial charge in [-0.3, -0.25) is 9.78 Å². The molecule has 6 heteroatoms. The molecule has 0 radical (unpaired) electrons. The van der Waals surface area contributed by atoms with Gasteiger partial charge in [-0.15, -0.1) is 0 Å². The Morgan fingerprint density at radius 3 is 2.43 bits per heavy atom. The Balaban J connectivity index is 1.65. The molecule has 3 aromatic rings. The molecular formula is C22H20N2O4. The highest BCUT2D eigenvalue weighted by Crippen LogP contribution is 2.22.